The lowest BCUT2D eigenvalue weighted by Crippen LogP contribution is -2.18. The number of H-pyrrole nitrogens is 1. The van der Waals surface area contributed by atoms with E-state index in [4.69, 9.17) is 0 Å². The topological polar surface area (TPSA) is 66.1 Å². The van der Waals surface area contributed by atoms with Crippen molar-refractivity contribution in [3.05, 3.63) is 47.5 Å². The molecule has 108 valence electrons. The van der Waals surface area contributed by atoms with Gasteiger partial charge in [-0.1, -0.05) is 12.1 Å². The SMILES string of the molecule is Cc1cnc(CN(C)Cc2ccc(S(C)(=O)=O)cc2)[nH]1. The number of sulfone groups is 1. The van der Waals surface area contributed by atoms with Crippen molar-refractivity contribution >= 4 is 9.84 Å². The van der Waals surface area contributed by atoms with Crippen LogP contribution in [-0.2, 0) is 22.9 Å². The maximum atomic E-state index is 11.4. The van der Waals surface area contributed by atoms with Crippen molar-refractivity contribution < 1.29 is 8.42 Å². The summed E-state index contributed by atoms with van der Waals surface area (Å²) in [4.78, 5) is 9.93. The molecule has 0 saturated heterocycles. The minimum absolute atomic E-state index is 0.352. The molecule has 20 heavy (non-hydrogen) atoms. The summed E-state index contributed by atoms with van der Waals surface area (Å²) < 4.78 is 22.8. The molecule has 0 saturated carbocycles. The van der Waals surface area contributed by atoms with Crippen LogP contribution in [0.1, 0.15) is 17.1 Å². The zero-order valence-electron chi connectivity index (χ0n) is 11.9. The molecule has 0 bridgehead atoms. The summed E-state index contributed by atoms with van der Waals surface area (Å²) in [5.74, 6) is 0.928. The van der Waals surface area contributed by atoms with E-state index in [1.807, 2.05) is 32.3 Å². The number of nitrogens with zero attached hydrogens (tertiary/aromatic N) is 2. The third kappa shape index (κ3) is 3.91. The van der Waals surface area contributed by atoms with E-state index in [0.29, 0.717) is 4.90 Å². The highest BCUT2D eigenvalue weighted by Gasteiger charge is 2.08. The Labute approximate surface area is 119 Å². The summed E-state index contributed by atoms with van der Waals surface area (Å²) in [5, 5.41) is 0. The molecule has 6 heteroatoms. The highest BCUT2D eigenvalue weighted by atomic mass is 32.2. The number of benzene rings is 1. The second-order valence-corrected chi connectivity index (χ2v) is 7.12. The minimum Gasteiger partial charge on any atom is -0.345 e. The fraction of sp³-hybridized carbons (Fsp3) is 0.357. The third-order valence-electron chi connectivity index (χ3n) is 2.98. The molecule has 0 aliphatic carbocycles. The van der Waals surface area contributed by atoms with Gasteiger partial charge in [-0.15, -0.1) is 0 Å². The standard InChI is InChI=1S/C14H19N3O2S/c1-11-8-15-14(16-11)10-17(2)9-12-4-6-13(7-5-12)20(3,18)19/h4-8H,9-10H2,1-3H3,(H,15,16). The van der Waals surface area contributed by atoms with Gasteiger partial charge < -0.3 is 4.98 Å². The number of rotatable bonds is 5. The number of aryl methyl sites for hydroxylation is 1. The molecule has 0 fully saturated rings. The van der Waals surface area contributed by atoms with Crippen LogP contribution in [0.5, 0.6) is 0 Å². The lowest BCUT2D eigenvalue weighted by molar-refractivity contribution is 0.311. The van der Waals surface area contributed by atoms with Crippen LogP contribution < -0.4 is 0 Å². The zero-order valence-corrected chi connectivity index (χ0v) is 12.7. The third-order valence-corrected chi connectivity index (χ3v) is 4.11. The molecule has 0 spiro atoms. The average Bonchev–Trinajstić information content (AvgIpc) is 2.74. The van der Waals surface area contributed by atoms with Crippen LogP contribution >= 0.6 is 0 Å². The van der Waals surface area contributed by atoms with Crippen LogP contribution in [0.25, 0.3) is 0 Å². The molecule has 0 radical (unpaired) electrons. The van der Waals surface area contributed by atoms with E-state index in [1.165, 1.54) is 6.26 Å². The predicted molar refractivity (Wildman–Crippen MR) is 78.0 cm³/mol. The predicted octanol–water partition coefficient (Wildman–Crippen LogP) is 1.75. The fourth-order valence-corrected chi connectivity index (χ4v) is 2.64. The van der Waals surface area contributed by atoms with Gasteiger partial charge in [0.05, 0.1) is 11.4 Å². The second kappa shape index (κ2) is 5.76. The summed E-state index contributed by atoms with van der Waals surface area (Å²) >= 11 is 0. The van der Waals surface area contributed by atoms with Gasteiger partial charge in [-0.25, -0.2) is 13.4 Å². The van der Waals surface area contributed by atoms with E-state index in [9.17, 15) is 8.42 Å². The molecule has 0 atom stereocenters. The lowest BCUT2D eigenvalue weighted by Gasteiger charge is -2.15. The Morgan fingerprint density at radius 2 is 1.85 bits per heavy atom. The minimum atomic E-state index is -3.12. The summed E-state index contributed by atoms with van der Waals surface area (Å²) in [7, 11) is -1.12. The Morgan fingerprint density at radius 1 is 1.20 bits per heavy atom. The fourth-order valence-electron chi connectivity index (χ4n) is 2.01. The van der Waals surface area contributed by atoms with E-state index >= 15 is 0 Å². The van der Waals surface area contributed by atoms with Crippen molar-refractivity contribution in [1.82, 2.24) is 14.9 Å². The molecule has 1 N–H and O–H groups in total. The van der Waals surface area contributed by atoms with Gasteiger partial charge in [-0.2, -0.15) is 0 Å². The van der Waals surface area contributed by atoms with E-state index in [2.05, 4.69) is 14.9 Å². The smallest absolute Gasteiger partial charge is 0.175 e. The van der Waals surface area contributed by atoms with Gasteiger partial charge in [0.1, 0.15) is 5.82 Å². The number of imidazole rings is 1. The van der Waals surface area contributed by atoms with Gasteiger partial charge >= 0.3 is 0 Å². The molecule has 1 heterocycles. The lowest BCUT2D eigenvalue weighted by atomic mass is 10.2. The second-order valence-electron chi connectivity index (χ2n) is 5.10. The van der Waals surface area contributed by atoms with Crippen molar-refractivity contribution in [3.8, 4) is 0 Å². The molecule has 0 aliphatic rings. The van der Waals surface area contributed by atoms with Gasteiger partial charge in [0.15, 0.2) is 9.84 Å². The molecule has 0 aliphatic heterocycles. The number of nitrogens with one attached hydrogen (secondary N) is 1. The summed E-state index contributed by atoms with van der Waals surface area (Å²) in [6.07, 6.45) is 3.03. The Balaban J connectivity index is 1.99. The first kappa shape index (κ1) is 14.7. The van der Waals surface area contributed by atoms with Crippen LogP contribution in [0.15, 0.2) is 35.4 Å². The van der Waals surface area contributed by atoms with Crippen molar-refractivity contribution in [1.29, 1.82) is 0 Å². The van der Waals surface area contributed by atoms with Crippen molar-refractivity contribution in [2.24, 2.45) is 0 Å². The summed E-state index contributed by atoms with van der Waals surface area (Å²) in [6.45, 7) is 3.44. The van der Waals surface area contributed by atoms with Crippen LogP contribution in [-0.4, -0.2) is 36.6 Å². The van der Waals surface area contributed by atoms with Gasteiger partial charge in [0, 0.05) is 24.7 Å². The molecule has 5 nitrogen and oxygen atoms in total. The van der Waals surface area contributed by atoms with E-state index in [-0.39, 0.29) is 0 Å². The molecule has 1 aromatic carbocycles. The van der Waals surface area contributed by atoms with Crippen molar-refractivity contribution in [2.75, 3.05) is 13.3 Å². The van der Waals surface area contributed by atoms with E-state index in [1.54, 1.807) is 12.1 Å². The Kier molecular flexibility index (Phi) is 4.25. The molecule has 0 unspecified atom stereocenters. The molecular formula is C14H19N3O2S. The maximum absolute atomic E-state index is 11.4. The molecular weight excluding hydrogens is 274 g/mol. The Morgan fingerprint density at radius 3 is 2.35 bits per heavy atom. The molecule has 2 aromatic rings. The van der Waals surface area contributed by atoms with Crippen LogP contribution in [0.2, 0.25) is 0 Å². The number of hydrogen-bond donors (Lipinski definition) is 1. The van der Waals surface area contributed by atoms with Crippen LogP contribution in [0.3, 0.4) is 0 Å². The van der Waals surface area contributed by atoms with Crippen molar-refractivity contribution in [2.45, 2.75) is 24.9 Å². The monoisotopic (exact) mass is 293 g/mol. The van der Waals surface area contributed by atoms with Crippen molar-refractivity contribution in [3.63, 3.8) is 0 Å². The highest BCUT2D eigenvalue weighted by Crippen LogP contribution is 2.12. The highest BCUT2D eigenvalue weighted by molar-refractivity contribution is 7.90. The summed E-state index contributed by atoms with van der Waals surface area (Å²) in [5.41, 5.74) is 2.12. The maximum Gasteiger partial charge on any atom is 0.175 e. The normalized spacial score (nSPS) is 12.0. The van der Waals surface area contributed by atoms with Gasteiger partial charge in [-0.05, 0) is 31.7 Å². The van der Waals surface area contributed by atoms with Gasteiger partial charge in [0.2, 0.25) is 0 Å². The zero-order chi connectivity index (χ0) is 14.8. The molecule has 0 amide bonds. The number of hydrogen-bond acceptors (Lipinski definition) is 4. The largest absolute Gasteiger partial charge is 0.345 e. The van der Waals surface area contributed by atoms with Crippen LogP contribution in [0.4, 0.5) is 0 Å². The Hall–Kier alpha value is -1.66. The molecule has 1 aromatic heterocycles. The summed E-state index contributed by atoms with van der Waals surface area (Å²) in [6, 6.07) is 6.99. The van der Waals surface area contributed by atoms with Gasteiger partial charge in [0.25, 0.3) is 0 Å². The number of aromatic amines is 1. The van der Waals surface area contributed by atoms with Gasteiger partial charge in [-0.3, -0.25) is 4.90 Å². The number of aromatic nitrogens is 2. The van der Waals surface area contributed by atoms with E-state index in [0.717, 1.165) is 30.2 Å². The average molecular weight is 293 g/mol. The molecule has 2 rings (SSSR count). The first-order valence-electron chi connectivity index (χ1n) is 6.32. The Bertz CT molecular complexity index is 675. The first-order chi connectivity index (χ1) is 9.34. The van der Waals surface area contributed by atoms with E-state index < -0.39 is 9.84 Å². The van der Waals surface area contributed by atoms with Crippen LogP contribution in [0, 0.1) is 6.92 Å². The quantitative estimate of drug-likeness (QED) is 0.912. The first-order valence-corrected chi connectivity index (χ1v) is 8.22.